The van der Waals surface area contributed by atoms with Crippen LogP contribution in [0.15, 0.2) is 36.9 Å². The number of hydrogen-bond acceptors (Lipinski definition) is 2. The summed E-state index contributed by atoms with van der Waals surface area (Å²) in [5.41, 5.74) is 6.78. The van der Waals surface area contributed by atoms with Crippen molar-refractivity contribution < 1.29 is 5.11 Å². The van der Waals surface area contributed by atoms with E-state index in [1.165, 1.54) is 0 Å². The average molecular weight is 203 g/mol. The van der Waals surface area contributed by atoms with Gasteiger partial charge < -0.3 is 10.8 Å². The molecule has 2 rings (SSSR count). The molecule has 0 radical (unpaired) electrons. The molecule has 2 nitrogen and oxygen atoms in total. The molecule has 2 atom stereocenters. The summed E-state index contributed by atoms with van der Waals surface area (Å²) in [6, 6.07) is 9.60. The number of benzene rings is 1. The molecule has 80 valence electrons. The quantitative estimate of drug-likeness (QED) is 0.771. The Hall–Kier alpha value is -1.12. The molecule has 2 unspecified atom stereocenters. The smallest absolute Gasteiger partial charge is 0.105 e. The van der Waals surface area contributed by atoms with Crippen LogP contribution in [0, 0.1) is 0 Å². The Bertz CT molecular complexity index is 360. The van der Waals surface area contributed by atoms with Crippen molar-refractivity contribution in [2.24, 2.45) is 5.73 Å². The molecule has 1 aliphatic carbocycles. The summed E-state index contributed by atoms with van der Waals surface area (Å²) in [4.78, 5) is 0. The lowest BCUT2D eigenvalue weighted by molar-refractivity contribution is 0.0932. The van der Waals surface area contributed by atoms with Crippen molar-refractivity contribution in [3.05, 3.63) is 42.5 Å². The lowest BCUT2D eigenvalue weighted by atomic mass is 9.85. The first-order chi connectivity index (χ1) is 7.14. The van der Waals surface area contributed by atoms with E-state index in [2.05, 4.69) is 6.58 Å². The second-order valence-electron chi connectivity index (χ2n) is 4.27. The number of rotatable bonds is 2. The van der Waals surface area contributed by atoms with Gasteiger partial charge in [0, 0.05) is 6.04 Å². The van der Waals surface area contributed by atoms with E-state index in [9.17, 15) is 5.11 Å². The van der Waals surface area contributed by atoms with E-state index in [-0.39, 0.29) is 6.04 Å². The van der Waals surface area contributed by atoms with Crippen molar-refractivity contribution in [1.82, 2.24) is 0 Å². The lowest BCUT2D eigenvalue weighted by Crippen LogP contribution is -2.44. The summed E-state index contributed by atoms with van der Waals surface area (Å²) in [7, 11) is 0. The van der Waals surface area contributed by atoms with Gasteiger partial charge in [0.1, 0.15) is 5.60 Å². The van der Waals surface area contributed by atoms with Crippen LogP contribution in [-0.4, -0.2) is 16.7 Å². The monoisotopic (exact) mass is 203 g/mol. The molecule has 1 aromatic rings. The van der Waals surface area contributed by atoms with Gasteiger partial charge in [-0.25, -0.2) is 0 Å². The van der Waals surface area contributed by atoms with Gasteiger partial charge in [0.15, 0.2) is 0 Å². The highest BCUT2D eigenvalue weighted by Gasteiger charge is 2.41. The fraction of sp³-hybridized carbons (Fsp3) is 0.385. The maximum absolute atomic E-state index is 10.5. The minimum Gasteiger partial charge on any atom is -0.384 e. The number of aliphatic hydroxyl groups is 1. The predicted molar refractivity (Wildman–Crippen MR) is 62.3 cm³/mol. The van der Waals surface area contributed by atoms with E-state index in [0.29, 0.717) is 0 Å². The largest absolute Gasteiger partial charge is 0.384 e. The van der Waals surface area contributed by atoms with E-state index in [1.54, 1.807) is 0 Å². The van der Waals surface area contributed by atoms with Crippen LogP contribution < -0.4 is 5.73 Å². The Labute approximate surface area is 90.4 Å². The Kier molecular flexibility index (Phi) is 2.63. The van der Waals surface area contributed by atoms with Crippen molar-refractivity contribution in [3.8, 4) is 0 Å². The normalized spacial score (nSPS) is 30.4. The van der Waals surface area contributed by atoms with Gasteiger partial charge in [-0.15, -0.1) is 0 Å². The third-order valence-electron chi connectivity index (χ3n) is 3.33. The van der Waals surface area contributed by atoms with Crippen molar-refractivity contribution >= 4 is 5.57 Å². The number of hydrogen-bond donors (Lipinski definition) is 2. The van der Waals surface area contributed by atoms with Gasteiger partial charge in [-0.05, 0) is 30.4 Å². The summed E-state index contributed by atoms with van der Waals surface area (Å²) >= 11 is 0. The fourth-order valence-corrected chi connectivity index (χ4v) is 2.28. The Balaban J connectivity index is 2.28. The zero-order chi connectivity index (χ0) is 10.9. The molecular formula is C13H17NO. The molecule has 3 N–H and O–H groups in total. The maximum atomic E-state index is 10.5. The van der Waals surface area contributed by atoms with Gasteiger partial charge >= 0.3 is 0 Å². The van der Waals surface area contributed by atoms with Gasteiger partial charge in [0.25, 0.3) is 0 Å². The highest BCUT2D eigenvalue weighted by Crippen LogP contribution is 2.38. The molecule has 15 heavy (non-hydrogen) atoms. The van der Waals surface area contributed by atoms with Crippen LogP contribution in [-0.2, 0) is 0 Å². The van der Waals surface area contributed by atoms with Crippen molar-refractivity contribution in [3.63, 3.8) is 0 Å². The topological polar surface area (TPSA) is 46.2 Å². The predicted octanol–water partition coefficient (Wildman–Crippen LogP) is 1.94. The third-order valence-corrected chi connectivity index (χ3v) is 3.33. The Morgan fingerprint density at radius 2 is 2.07 bits per heavy atom. The van der Waals surface area contributed by atoms with E-state index in [1.807, 2.05) is 30.3 Å². The summed E-state index contributed by atoms with van der Waals surface area (Å²) in [5, 5.41) is 10.5. The van der Waals surface area contributed by atoms with Crippen LogP contribution in [0.1, 0.15) is 24.8 Å². The lowest BCUT2D eigenvalue weighted by Gasteiger charge is -2.30. The standard InChI is InChI=1S/C13H17NO/c1-10(11-6-3-2-4-7-11)13(15)9-5-8-12(13)14/h2-4,6-7,12,15H,1,5,8-9,14H2. The maximum Gasteiger partial charge on any atom is 0.105 e. The van der Waals surface area contributed by atoms with Gasteiger partial charge in [-0.2, -0.15) is 0 Å². The minimum atomic E-state index is -0.901. The van der Waals surface area contributed by atoms with E-state index < -0.39 is 5.60 Å². The molecule has 2 heteroatoms. The number of nitrogens with two attached hydrogens (primary N) is 1. The highest BCUT2D eigenvalue weighted by molar-refractivity contribution is 5.71. The molecule has 1 aliphatic rings. The van der Waals surface area contributed by atoms with Crippen LogP contribution in [0.25, 0.3) is 5.57 Å². The van der Waals surface area contributed by atoms with Gasteiger partial charge in [-0.1, -0.05) is 36.9 Å². The van der Waals surface area contributed by atoms with Crippen LogP contribution in [0.2, 0.25) is 0 Å². The first-order valence-electron chi connectivity index (χ1n) is 5.37. The summed E-state index contributed by atoms with van der Waals surface area (Å²) in [6.07, 6.45) is 2.58. The van der Waals surface area contributed by atoms with Crippen molar-refractivity contribution in [2.45, 2.75) is 30.9 Å². The van der Waals surface area contributed by atoms with E-state index in [4.69, 9.17) is 5.73 Å². The zero-order valence-corrected chi connectivity index (χ0v) is 8.82. The molecule has 0 bridgehead atoms. The first kappa shape index (κ1) is 10.4. The molecule has 1 aromatic carbocycles. The van der Waals surface area contributed by atoms with Crippen molar-refractivity contribution in [2.75, 3.05) is 0 Å². The van der Waals surface area contributed by atoms with Crippen LogP contribution in [0.4, 0.5) is 0 Å². The van der Waals surface area contributed by atoms with Gasteiger partial charge in [0.05, 0.1) is 0 Å². The van der Waals surface area contributed by atoms with Crippen molar-refractivity contribution in [1.29, 1.82) is 0 Å². The van der Waals surface area contributed by atoms with E-state index in [0.717, 1.165) is 30.4 Å². The molecule has 1 saturated carbocycles. The Morgan fingerprint density at radius 3 is 2.60 bits per heavy atom. The highest BCUT2D eigenvalue weighted by atomic mass is 16.3. The second-order valence-corrected chi connectivity index (χ2v) is 4.27. The van der Waals surface area contributed by atoms with Crippen LogP contribution >= 0.6 is 0 Å². The zero-order valence-electron chi connectivity index (χ0n) is 8.82. The molecular weight excluding hydrogens is 186 g/mol. The van der Waals surface area contributed by atoms with Crippen LogP contribution in [0.5, 0.6) is 0 Å². The Morgan fingerprint density at radius 1 is 1.40 bits per heavy atom. The summed E-state index contributed by atoms with van der Waals surface area (Å²) < 4.78 is 0. The van der Waals surface area contributed by atoms with Crippen LogP contribution in [0.3, 0.4) is 0 Å². The third kappa shape index (κ3) is 1.71. The molecule has 0 aromatic heterocycles. The molecule has 0 aliphatic heterocycles. The molecule has 0 amide bonds. The SMILES string of the molecule is C=C(c1ccccc1)C1(O)CCCC1N. The summed E-state index contributed by atoms with van der Waals surface area (Å²) in [6.45, 7) is 4.00. The minimum absolute atomic E-state index is 0.176. The fourth-order valence-electron chi connectivity index (χ4n) is 2.28. The molecule has 0 spiro atoms. The first-order valence-corrected chi connectivity index (χ1v) is 5.37. The summed E-state index contributed by atoms with van der Waals surface area (Å²) in [5.74, 6) is 0. The molecule has 1 fully saturated rings. The van der Waals surface area contributed by atoms with E-state index >= 15 is 0 Å². The average Bonchev–Trinajstić information content (AvgIpc) is 2.61. The molecule has 0 heterocycles. The molecule has 0 saturated heterocycles. The van der Waals surface area contributed by atoms with Gasteiger partial charge in [-0.3, -0.25) is 0 Å². The van der Waals surface area contributed by atoms with Gasteiger partial charge in [0.2, 0.25) is 0 Å². The second kappa shape index (κ2) is 3.80.